The van der Waals surface area contributed by atoms with Crippen LogP contribution >= 0.6 is 0 Å². The van der Waals surface area contributed by atoms with E-state index in [1.54, 1.807) is 27.7 Å². The molecular formula is C21H37N7O7. The molecule has 0 rings (SSSR count). The molecule has 7 amide bonds. The van der Waals surface area contributed by atoms with Gasteiger partial charge in [0.1, 0.15) is 24.2 Å². The second kappa shape index (κ2) is 14.5. The van der Waals surface area contributed by atoms with Crippen molar-refractivity contribution in [1.29, 1.82) is 0 Å². The lowest BCUT2D eigenvalue weighted by atomic mass is 10.0. The smallest absolute Gasteiger partial charge is 0.243 e. The third-order valence-corrected chi connectivity index (χ3v) is 4.88. The van der Waals surface area contributed by atoms with Crippen LogP contribution in [0.2, 0.25) is 0 Å². The van der Waals surface area contributed by atoms with Crippen molar-refractivity contribution in [2.45, 2.75) is 71.6 Å². The van der Waals surface area contributed by atoms with Gasteiger partial charge >= 0.3 is 0 Å². The van der Waals surface area contributed by atoms with Gasteiger partial charge in [-0.2, -0.15) is 0 Å². The number of hydrogen-bond donors (Lipinski definition) is 7. The number of rotatable bonds is 14. The van der Waals surface area contributed by atoms with Crippen molar-refractivity contribution in [2.24, 2.45) is 23.3 Å². The minimum atomic E-state index is -1.44. The molecule has 0 aliphatic heterocycles. The van der Waals surface area contributed by atoms with Crippen LogP contribution in [0.25, 0.3) is 0 Å². The lowest BCUT2D eigenvalue weighted by Crippen LogP contribution is -2.60. The van der Waals surface area contributed by atoms with Crippen LogP contribution in [0.1, 0.15) is 47.5 Å². The fraction of sp³-hybridized carbons (Fsp3) is 0.667. The highest BCUT2D eigenvalue weighted by Gasteiger charge is 2.33. The molecule has 0 aromatic heterocycles. The molecule has 0 heterocycles. The number of hydrogen-bond acceptors (Lipinski definition) is 7. The minimum absolute atomic E-state index is 0.336. The van der Waals surface area contributed by atoms with Crippen LogP contribution in [0, 0.1) is 11.8 Å². The van der Waals surface area contributed by atoms with Gasteiger partial charge in [-0.15, -0.1) is 0 Å². The fourth-order valence-electron chi connectivity index (χ4n) is 3.06. The first-order valence-electron chi connectivity index (χ1n) is 11.1. The van der Waals surface area contributed by atoms with E-state index in [9.17, 15) is 33.6 Å². The molecule has 14 nitrogen and oxygen atoms in total. The maximum absolute atomic E-state index is 12.9. The largest absolute Gasteiger partial charge is 0.370 e. The molecule has 0 aliphatic carbocycles. The van der Waals surface area contributed by atoms with E-state index in [1.807, 2.05) is 0 Å². The summed E-state index contributed by atoms with van der Waals surface area (Å²) in [6.45, 7) is 7.81. The molecule has 0 unspecified atom stereocenters. The Morgan fingerprint density at radius 3 is 1.29 bits per heavy atom. The Labute approximate surface area is 204 Å². The van der Waals surface area contributed by atoms with Crippen LogP contribution in [0.3, 0.4) is 0 Å². The van der Waals surface area contributed by atoms with Crippen LogP contribution in [0.5, 0.6) is 0 Å². The van der Waals surface area contributed by atoms with Crippen molar-refractivity contribution in [1.82, 2.24) is 26.6 Å². The van der Waals surface area contributed by atoms with Gasteiger partial charge in [0.25, 0.3) is 0 Å². The molecule has 14 heteroatoms. The van der Waals surface area contributed by atoms with E-state index in [0.29, 0.717) is 0 Å². The van der Waals surface area contributed by atoms with Crippen LogP contribution in [-0.4, -0.2) is 72.6 Å². The lowest BCUT2D eigenvalue weighted by molar-refractivity contribution is -0.136. The van der Waals surface area contributed by atoms with Crippen molar-refractivity contribution in [3.8, 4) is 0 Å². The second-order valence-corrected chi connectivity index (χ2v) is 8.73. The van der Waals surface area contributed by atoms with Gasteiger partial charge in [-0.3, -0.25) is 33.6 Å². The molecule has 0 aromatic rings. The van der Waals surface area contributed by atoms with E-state index in [0.717, 1.165) is 0 Å². The summed E-state index contributed by atoms with van der Waals surface area (Å²) < 4.78 is 0. The molecule has 0 radical (unpaired) electrons. The Morgan fingerprint density at radius 1 is 0.600 bits per heavy atom. The highest BCUT2D eigenvalue weighted by Crippen LogP contribution is 2.07. The molecule has 9 N–H and O–H groups in total. The number of likely N-dealkylation sites (N-methyl/N-ethyl adjacent to an activating group) is 1. The molecule has 198 valence electrons. The third kappa shape index (κ3) is 11.3. The molecule has 0 saturated carbocycles. The lowest BCUT2D eigenvalue weighted by Gasteiger charge is -2.28. The van der Waals surface area contributed by atoms with E-state index in [2.05, 4.69) is 26.6 Å². The van der Waals surface area contributed by atoms with Crippen LogP contribution in [0.15, 0.2) is 0 Å². The summed E-state index contributed by atoms with van der Waals surface area (Å²) in [4.78, 5) is 84.7. The van der Waals surface area contributed by atoms with E-state index >= 15 is 0 Å². The van der Waals surface area contributed by atoms with Gasteiger partial charge in [0, 0.05) is 14.0 Å². The predicted octanol–water partition coefficient (Wildman–Crippen LogP) is -3.25. The number of amides is 7. The van der Waals surface area contributed by atoms with Gasteiger partial charge in [0.2, 0.25) is 41.4 Å². The fourth-order valence-corrected chi connectivity index (χ4v) is 3.06. The summed E-state index contributed by atoms with van der Waals surface area (Å²) in [6, 6.07) is -4.90. The standard InChI is InChI=1S/C21H37N7O7/c1-9(2)16(25-11(5)29)20(34)27-13(8-15(23)31)19(33)28-17(10(3)4)21(35)26-12(7-14(22)30)18(32)24-6/h9-10,12-13,16-17H,7-8H2,1-6H3,(H2,22,30)(H2,23,31)(H,24,32)(H,25,29)(H,26,35)(H,27,34)(H,28,33)/t12-,13-,16-,17-/m0/s1. The summed E-state index contributed by atoms with van der Waals surface area (Å²) in [5.74, 6) is -6.07. The SMILES string of the molecule is CNC(=O)[C@H](CC(N)=O)NC(=O)[C@@H](NC(=O)[C@H](CC(N)=O)NC(=O)[C@@H](NC(C)=O)C(C)C)C(C)C. The zero-order chi connectivity index (χ0) is 27.5. The summed E-state index contributed by atoms with van der Waals surface area (Å²) in [7, 11) is 1.31. The molecule has 0 bridgehead atoms. The first kappa shape index (κ1) is 31.3. The van der Waals surface area contributed by atoms with Gasteiger partial charge in [0.15, 0.2) is 0 Å². The van der Waals surface area contributed by atoms with Gasteiger partial charge in [-0.1, -0.05) is 27.7 Å². The van der Waals surface area contributed by atoms with Crippen molar-refractivity contribution in [2.75, 3.05) is 7.05 Å². The van der Waals surface area contributed by atoms with Crippen LogP contribution < -0.4 is 38.1 Å². The monoisotopic (exact) mass is 499 g/mol. The zero-order valence-electron chi connectivity index (χ0n) is 20.9. The van der Waals surface area contributed by atoms with Gasteiger partial charge < -0.3 is 38.1 Å². The molecule has 0 spiro atoms. The topological polar surface area (TPSA) is 232 Å². The summed E-state index contributed by atoms with van der Waals surface area (Å²) >= 11 is 0. The summed E-state index contributed by atoms with van der Waals surface area (Å²) in [5, 5.41) is 12.0. The predicted molar refractivity (Wildman–Crippen MR) is 125 cm³/mol. The number of nitrogens with two attached hydrogens (primary N) is 2. The van der Waals surface area contributed by atoms with E-state index in [1.165, 1.54) is 14.0 Å². The van der Waals surface area contributed by atoms with Gasteiger partial charge in [0.05, 0.1) is 12.8 Å². The Kier molecular flexibility index (Phi) is 13.0. The highest BCUT2D eigenvalue weighted by atomic mass is 16.2. The molecule has 0 fully saturated rings. The van der Waals surface area contributed by atoms with Crippen molar-refractivity contribution < 1.29 is 33.6 Å². The second-order valence-electron chi connectivity index (χ2n) is 8.73. The normalized spacial score (nSPS) is 14.2. The quantitative estimate of drug-likeness (QED) is 0.129. The maximum Gasteiger partial charge on any atom is 0.243 e. The number of carbonyl (C=O) groups excluding carboxylic acids is 7. The molecule has 0 saturated heterocycles. The summed E-state index contributed by atoms with van der Waals surface area (Å²) in [5.41, 5.74) is 10.4. The Morgan fingerprint density at radius 2 is 0.971 bits per heavy atom. The Hall–Kier alpha value is -3.71. The zero-order valence-corrected chi connectivity index (χ0v) is 20.9. The minimum Gasteiger partial charge on any atom is -0.370 e. The molecule has 35 heavy (non-hydrogen) atoms. The highest BCUT2D eigenvalue weighted by molar-refractivity contribution is 5.97. The first-order chi connectivity index (χ1) is 16.1. The molecular weight excluding hydrogens is 462 g/mol. The Bertz CT molecular complexity index is 829. The van der Waals surface area contributed by atoms with Gasteiger partial charge in [-0.25, -0.2) is 0 Å². The van der Waals surface area contributed by atoms with Gasteiger partial charge in [-0.05, 0) is 11.8 Å². The van der Waals surface area contributed by atoms with Crippen molar-refractivity contribution in [3.63, 3.8) is 0 Å². The number of nitrogens with one attached hydrogen (secondary N) is 5. The average Bonchev–Trinajstić information content (AvgIpc) is 2.72. The van der Waals surface area contributed by atoms with E-state index < -0.39 is 84.3 Å². The third-order valence-electron chi connectivity index (χ3n) is 4.88. The summed E-state index contributed by atoms with van der Waals surface area (Å²) in [6.07, 6.45) is -1.04. The van der Waals surface area contributed by atoms with E-state index in [-0.39, 0.29) is 5.92 Å². The first-order valence-corrected chi connectivity index (χ1v) is 11.1. The molecule has 0 aliphatic rings. The maximum atomic E-state index is 12.9. The van der Waals surface area contributed by atoms with E-state index in [4.69, 9.17) is 11.5 Å². The Balaban J connectivity index is 5.70. The number of carbonyl (C=O) groups is 7. The molecule has 4 atom stereocenters. The number of primary amides is 2. The molecule has 0 aromatic carbocycles. The van der Waals surface area contributed by atoms with Crippen LogP contribution in [-0.2, 0) is 33.6 Å². The average molecular weight is 500 g/mol. The van der Waals surface area contributed by atoms with Crippen molar-refractivity contribution in [3.05, 3.63) is 0 Å². The van der Waals surface area contributed by atoms with Crippen LogP contribution in [0.4, 0.5) is 0 Å². The van der Waals surface area contributed by atoms with Crippen molar-refractivity contribution >= 4 is 41.4 Å².